The van der Waals surface area contributed by atoms with E-state index in [1.54, 1.807) is 0 Å². The number of hydrogen-bond donors (Lipinski definition) is 1. The average Bonchev–Trinajstić information content (AvgIpc) is 2.73. The maximum atomic E-state index is 9.11. The monoisotopic (exact) mass is 358 g/mol. The van der Waals surface area contributed by atoms with E-state index in [2.05, 4.69) is 72.8 Å². The minimum atomic E-state index is -0.677. The van der Waals surface area contributed by atoms with E-state index >= 15 is 0 Å². The number of rotatable bonds is 8. The van der Waals surface area contributed by atoms with Crippen LogP contribution in [0, 0.1) is 0 Å². The second kappa shape index (κ2) is 9.31. The third kappa shape index (κ3) is 4.36. The second-order valence-electron chi connectivity index (χ2n) is 6.61. The van der Waals surface area contributed by atoms with E-state index in [0.29, 0.717) is 6.61 Å². The molecule has 0 heterocycles. The zero-order valence-electron chi connectivity index (χ0n) is 15.7. The zero-order valence-corrected chi connectivity index (χ0v) is 15.7. The van der Waals surface area contributed by atoms with Crippen molar-refractivity contribution >= 4 is 0 Å². The van der Waals surface area contributed by atoms with Gasteiger partial charge in [-0.3, -0.25) is 0 Å². The van der Waals surface area contributed by atoms with Crippen molar-refractivity contribution in [3.05, 3.63) is 119 Å². The first-order valence-corrected chi connectivity index (χ1v) is 9.34. The van der Waals surface area contributed by atoms with Gasteiger partial charge in [0.05, 0.1) is 13.2 Å². The molecule has 0 unspecified atom stereocenters. The number of hydrogen-bond acceptors (Lipinski definition) is 2. The Morgan fingerprint density at radius 2 is 1.19 bits per heavy atom. The van der Waals surface area contributed by atoms with Gasteiger partial charge in [0.25, 0.3) is 0 Å². The Balaban J connectivity index is 2.10. The van der Waals surface area contributed by atoms with Crippen LogP contribution in [0.2, 0.25) is 0 Å². The quantitative estimate of drug-likeness (QED) is 0.436. The van der Waals surface area contributed by atoms with Crippen molar-refractivity contribution in [3.63, 3.8) is 0 Å². The molecule has 0 amide bonds. The summed E-state index contributed by atoms with van der Waals surface area (Å²) in [5.41, 5.74) is 3.76. The van der Waals surface area contributed by atoms with Gasteiger partial charge in [-0.2, -0.15) is 0 Å². The fraction of sp³-hybridized carbons (Fsp3) is 0.200. The molecule has 0 saturated carbocycles. The van der Waals surface area contributed by atoms with Crippen LogP contribution < -0.4 is 0 Å². The summed E-state index contributed by atoms with van der Waals surface area (Å²) in [7, 11) is 0. The molecule has 0 radical (unpaired) electrons. The van der Waals surface area contributed by atoms with Crippen LogP contribution in [0.4, 0.5) is 0 Å². The lowest BCUT2D eigenvalue weighted by Gasteiger charge is -2.36. The smallest absolute Gasteiger partial charge is 0.143 e. The minimum Gasteiger partial charge on any atom is -0.392 e. The van der Waals surface area contributed by atoms with Crippen molar-refractivity contribution in [1.82, 2.24) is 0 Å². The average molecular weight is 358 g/mol. The summed E-state index contributed by atoms with van der Waals surface area (Å²) in [5.74, 6) is 0. The molecule has 0 atom stereocenters. The standard InChI is InChI=1S/C25H26O2/c1-21(17-19-26)18-20-27-25(22-11-5-2-6-12-22,23-13-7-3-8-14-23)24-15-9-4-10-16-24/h2-17,26H,18-20H2,1H3/b21-17+. The lowest BCUT2D eigenvalue weighted by atomic mass is 9.80. The molecule has 0 fully saturated rings. The van der Waals surface area contributed by atoms with E-state index in [1.807, 2.05) is 31.2 Å². The van der Waals surface area contributed by atoms with E-state index in [-0.39, 0.29) is 6.61 Å². The van der Waals surface area contributed by atoms with Crippen molar-refractivity contribution in [2.45, 2.75) is 18.9 Å². The highest BCUT2D eigenvalue weighted by molar-refractivity contribution is 5.47. The van der Waals surface area contributed by atoms with Crippen LogP contribution in [-0.4, -0.2) is 18.3 Å². The van der Waals surface area contributed by atoms with Crippen LogP contribution in [0.3, 0.4) is 0 Å². The van der Waals surface area contributed by atoms with E-state index in [0.717, 1.165) is 28.7 Å². The Labute approximate surface area is 161 Å². The van der Waals surface area contributed by atoms with Gasteiger partial charge in [0, 0.05) is 0 Å². The van der Waals surface area contributed by atoms with Crippen molar-refractivity contribution < 1.29 is 9.84 Å². The van der Waals surface area contributed by atoms with Gasteiger partial charge in [-0.1, -0.05) is 103 Å². The molecule has 27 heavy (non-hydrogen) atoms. The number of benzene rings is 3. The summed E-state index contributed by atoms with van der Waals surface area (Å²) in [6, 6.07) is 31.1. The first-order chi connectivity index (χ1) is 13.3. The summed E-state index contributed by atoms with van der Waals surface area (Å²) >= 11 is 0. The fourth-order valence-electron chi connectivity index (χ4n) is 3.39. The van der Waals surface area contributed by atoms with Gasteiger partial charge in [0.15, 0.2) is 0 Å². The maximum absolute atomic E-state index is 9.11. The Hall–Kier alpha value is -2.68. The minimum absolute atomic E-state index is 0.0625. The molecule has 3 aromatic carbocycles. The van der Waals surface area contributed by atoms with Gasteiger partial charge in [-0.25, -0.2) is 0 Å². The predicted octanol–water partition coefficient (Wildman–Crippen LogP) is 5.32. The number of ether oxygens (including phenoxy) is 1. The van der Waals surface area contributed by atoms with Gasteiger partial charge in [-0.05, 0) is 30.0 Å². The van der Waals surface area contributed by atoms with Crippen molar-refractivity contribution in [2.75, 3.05) is 13.2 Å². The molecule has 2 heteroatoms. The van der Waals surface area contributed by atoms with Crippen LogP contribution in [0.15, 0.2) is 103 Å². The van der Waals surface area contributed by atoms with E-state index in [4.69, 9.17) is 9.84 Å². The Kier molecular flexibility index (Phi) is 6.59. The first kappa shape index (κ1) is 19.1. The first-order valence-electron chi connectivity index (χ1n) is 9.34. The van der Waals surface area contributed by atoms with Crippen LogP contribution in [-0.2, 0) is 10.3 Å². The van der Waals surface area contributed by atoms with E-state index in [9.17, 15) is 0 Å². The molecule has 0 aromatic heterocycles. The third-order valence-electron chi connectivity index (χ3n) is 4.80. The molecule has 138 valence electrons. The topological polar surface area (TPSA) is 29.5 Å². The van der Waals surface area contributed by atoms with Crippen LogP contribution >= 0.6 is 0 Å². The van der Waals surface area contributed by atoms with Gasteiger partial charge in [0.1, 0.15) is 5.60 Å². The van der Waals surface area contributed by atoms with Crippen molar-refractivity contribution in [3.8, 4) is 0 Å². The Morgan fingerprint density at radius 3 is 1.56 bits per heavy atom. The normalized spacial score (nSPS) is 12.1. The number of aliphatic hydroxyl groups excluding tert-OH is 1. The van der Waals surface area contributed by atoms with Gasteiger partial charge >= 0.3 is 0 Å². The molecular formula is C25H26O2. The summed E-state index contributed by atoms with van der Waals surface area (Å²) in [6.45, 7) is 2.64. The maximum Gasteiger partial charge on any atom is 0.143 e. The Bertz CT molecular complexity index is 743. The van der Waals surface area contributed by atoms with Crippen LogP contribution in [0.1, 0.15) is 30.0 Å². The Morgan fingerprint density at radius 1 is 0.778 bits per heavy atom. The molecule has 0 aliphatic heterocycles. The summed E-state index contributed by atoms with van der Waals surface area (Å²) in [5, 5.41) is 9.11. The highest BCUT2D eigenvalue weighted by Gasteiger charge is 2.37. The fourth-order valence-corrected chi connectivity index (χ4v) is 3.39. The summed E-state index contributed by atoms with van der Waals surface area (Å²) < 4.78 is 6.68. The van der Waals surface area contributed by atoms with E-state index < -0.39 is 5.60 Å². The second-order valence-corrected chi connectivity index (χ2v) is 6.61. The van der Waals surface area contributed by atoms with Crippen LogP contribution in [0.5, 0.6) is 0 Å². The molecule has 3 aromatic rings. The molecule has 0 bridgehead atoms. The largest absolute Gasteiger partial charge is 0.392 e. The molecule has 1 N–H and O–H groups in total. The van der Waals surface area contributed by atoms with Crippen LogP contribution in [0.25, 0.3) is 0 Å². The SMILES string of the molecule is C/C(=C\CO)CCOC(c1ccccc1)(c1ccccc1)c1ccccc1. The summed E-state index contributed by atoms with van der Waals surface area (Å²) in [4.78, 5) is 0. The lowest BCUT2D eigenvalue weighted by molar-refractivity contribution is 0.0147. The molecule has 3 rings (SSSR count). The third-order valence-corrected chi connectivity index (χ3v) is 4.80. The predicted molar refractivity (Wildman–Crippen MR) is 111 cm³/mol. The lowest BCUT2D eigenvalue weighted by Crippen LogP contribution is -2.33. The van der Waals surface area contributed by atoms with Crippen molar-refractivity contribution in [1.29, 1.82) is 0 Å². The molecular weight excluding hydrogens is 332 g/mol. The van der Waals surface area contributed by atoms with Gasteiger partial charge in [-0.15, -0.1) is 0 Å². The zero-order chi connectivity index (χ0) is 19.0. The molecule has 0 spiro atoms. The van der Waals surface area contributed by atoms with E-state index in [1.165, 1.54) is 0 Å². The molecule has 0 aliphatic rings. The molecule has 0 saturated heterocycles. The highest BCUT2D eigenvalue weighted by atomic mass is 16.5. The molecule has 0 aliphatic carbocycles. The highest BCUT2D eigenvalue weighted by Crippen LogP contribution is 2.40. The van der Waals surface area contributed by atoms with Crippen molar-refractivity contribution in [2.24, 2.45) is 0 Å². The molecule has 2 nitrogen and oxygen atoms in total. The summed E-state index contributed by atoms with van der Waals surface area (Å²) in [6.07, 6.45) is 2.60. The van der Waals surface area contributed by atoms with Gasteiger partial charge < -0.3 is 9.84 Å². The number of aliphatic hydroxyl groups is 1. The van der Waals surface area contributed by atoms with Gasteiger partial charge in [0.2, 0.25) is 0 Å².